The minimum atomic E-state index is -0.608. The third-order valence-corrected chi connectivity index (χ3v) is 6.52. The summed E-state index contributed by atoms with van der Waals surface area (Å²) < 4.78 is 15.2. The number of carbonyl (C=O) groups excluding carboxylic acids is 2. The summed E-state index contributed by atoms with van der Waals surface area (Å²) in [4.78, 5) is 34.1. The molecule has 158 valence electrons. The highest BCUT2D eigenvalue weighted by molar-refractivity contribution is 7.98. The van der Waals surface area contributed by atoms with Crippen molar-refractivity contribution in [3.63, 3.8) is 0 Å². The number of nitrogens with two attached hydrogens (primary N) is 1. The summed E-state index contributed by atoms with van der Waals surface area (Å²) in [5, 5.41) is 1.71. The van der Waals surface area contributed by atoms with Crippen molar-refractivity contribution in [2.75, 3.05) is 20.0 Å². The Morgan fingerprint density at radius 3 is 2.58 bits per heavy atom. The van der Waals surface area contributed by atoms with Crippen molar-refractivity contribution in [3.8, 4) is 11.6 Å². The summed E-state index contributed by atoms with van der Waals surface area (Å²) in [7, 11) is 2.54. The molecule has 10 heteroatoms. The molecule has 0 radical (unpaired) electrons. The molecule has 0 fully saturated rings. The van der Waals surface area contributed by atoms with Crippen LogP contribution in [0.2, 0.25) is 0 Å². The molecule has 4 rings (SSSR count). The van der Waals surface area contributed by atoms with Gasteiger partial charge < -0.3 is 19.6 Å². The van der Waals surface area contributed by atoms with Gasteiger partial charge in [-0.15, -0.1) is 23.1 Å². The Morgan fingerprint density at radius 2 is 1.87 bits per heavy atom. The molecule has 3 aromatic heterocycles. The number of hydrogen-bond acceptors (Lipinski definition) is 10. The van der Waals surface area contributed by atoms with Crippen molar-refractivity contribution in [2.24, 2.45) is 0 Å². The fourth-order valence-electron chi connectivity index (χ4n) is 3.02. The maximum absolute atomic E-state index is 12.3. The summed E-state index contributed by atoms with van der Waals surface area (Å²) >= 11 is 2.35. The van der Waals surface area contributed by atoms with Gasteiger partial charge >= 0.3 is 11.9 Å². The normalized spacial score (nSPS) is 10.9. The van der Waals surface area contributed by atoms with E-state index in [9.17, 15) is 9.59 Å². The van der Waals surface area contributed by atoms with E-state index in [1.165, 1.54) is 26.0 Å². The summed E-state index contributed by atoms with van der Waals surface area (Å²) in [5.41, 5.74) is 7.39. The second-order valence-electron chi connectivity index (χ2n) is 6.27. The van der Waals surface area contributed by atoms with Crippen molar-refractivity contribution >= 4 is 50.9 Å². The lowest BCUT2D eigenvalue weighted by Gasteiger charge is -2.09. The van der Waals surface area contributed by atoms with Crippen LogP contribution in [0, 0.1) is 0 Å². The summed E-state index contributed by atoms with van der Waals surface area (Å²) in [6.07, 6.45) is 1.56. The third kappa shape index (κ3) is 3.99. The van der Waals surface area contributed by atoms with E-state index in [0.29, 0.717) is 22.2 Å². The fourth-order valence-corrected chi connectivity index (χ4v) is 5.15. The maximum Gasteiger partial charge on any atom is 0.348 e. The minimum Gasteiger partial charge on any atom is -0.465 e. The molecule has 0 aliphatic heterocycles. The Hall–Kier alpha value is -3.37. The van der Waals surface area contributed by atoms with E-state index in [0.717, 1.165) is 22.2 Å². The highest BCUT2D eigenvalue weighted by Crippen LogP contribution is 2.38. The molecule has 0 aliphatic carbocycles. The van der Waals surface area contributed by atoms with E-state index >= 15 is 0 Å². The number of furan rings is 1. The number of nitrogen functional groups attached to an aromatic ring is 1. The molecule has 31 heavy (non-hydrogen) atoms. The first-order valence-corrected chi connectivity index (χ1v) is 10.8. The van der Waals surface area contributed by atoms with E-state index in [-0.39, 0.29) is 21.2 Å². The van der Waals surface area contributed by atoms with Crippen molar-refractivity contribution in [2.45, 2.75) is 10.8 Å². The lowest BCUT2D eigenvalue weighted by Crippen LogP contribution is -2.08. The molecular formula is C21H17N3O5S2. The number of hydrogen-bond donors (Lipinski definition) is 1. The monoisotopic (exact) mass is 455 g/mol. The van der Waals surface area contributed by atoms with Gasteiger partial charge in [-0.3, -0.25) is 0 Å². The lowest BCUT2D eigenvalue weighted by molar-refractivity contribution is 0.0601. The zero-order valence-electron chi connectivity index (χ0n) is 16.6. The lowest BCUT2D eigenvalue weighted by atomic mass is 10.1. The number of fused-ring (bicyclic) bond motifs is 1. The Kier molecular flexibility index (Phi) is 5.92. The number of ether oxygens (including phenoxy) is 2. The number of thioether (sulfide) groups is 1. The van der Waals surface area contributed by atoms with Gasteiger partial charge in [-0.1, -0.05) is 18.2 Å². The Labute approximate surface area is 185 Å². The summed E-state index contributed by atoms with van der Waals surface area (Å²) in [6, 6.07) is 11.1. The van der Waals surface area contributed by atoms with Gasteiger partial charge in [0.25, 0.3) is 0 Å². The smallest absolute Gasteiger partial charge is 0.348 e. The van der Waals surface area contributed by atoms with Gasteiger partial charge in [-0.2, -0.15) is 0 Å². The molecule has 0 atom stereocenters. The maximum atomic E-state index is 12.3. The number of benzene rings is 1. The van der Waals surface area contributed by atoms with Crippen LogP contribution in [0.1, 0.15) is 25.6 Å². The van der Waals surface area contributed by atoms with Gasteiger partial charge in [0.15, 0.2) is 11.6 Å². The van der Waals surface area contributed by atoms with Crippen molar-refractivity contribution in [1.29, 1.82) is 0 Å². The van der Waals surface area contributed by atoms with Gasteiger partial charge in [0.2, 0.25) is 0 Å². The fraction of sp³-hybridized carbons (Fsp3) is 0.143. The molecule has 8 nitrogen and oxygen atoms in total. The molecule has 0 saturated carbocycles. The second-order valence-corrected chi connectivity index (χ2v) is 8.28. The van der Waals surface area contributed by atoms with Crippen LogP contribution in [-0.2, 0) is 15.2 Å². The largest absolute Gasteiger partial charge is 0.465 e. The first kappa shape index (κ1) is 20.9. The topological polar surface area (TPSA) is 118 Å². The van der Waals surface area contributed by atoms with Crippen molar-refractivity contribution < 1.29 is 23.5 Å². The van der Waals surface area contributed by atoms with Crippen LogP contribution >= 0.6 is 23.1 Å². The zero-order valence-corrected chi connectivity index (χ0v) is 18.2. The predicted molar refractivity (Wildman–Crippen MR) is 118 cm³/mol. The van der Waals surface area contributed by atoms with Gasteiger partial charge in [-0.25, -0.2) is 19.6 Å². The van der Waals surface area contributed by atoms with Crippen LogP contribution in [0.25, 0.3) is 22.5 Å². The molecule has 0 amide bonds. The summed E-state index contributed by atoms with van der Waals surface area (Å²) in [5.74, 6) is 0.0612. The molecule has 3 heterocycles. The van der Waals surface area contributed by atoms with Gasteiger partial charge in [0.1, 0.15) is 14.9 Å². The number of methoxy groups -OCH3 is 2. The predicted octanol–water partition coefficient (Wildman–Crippen LogP) is 4.40. The number of para-hydroxylation sites is 1. The number of thiophene rings is 1. The number of anilines is 1. The second kappa shape index (κ2) is 8.78. The number of nitrogens with zero attached hydrogens (tertiary/aromatic N) is 2. The Balaban J connectivity index is 1.78. The van der Waals surface area contributed by atoms with Crippen LogP contribution in [0.5, 0.6) is 0 Å². The number of rotatable bonds is 6. The molecule has 0 unspecified atom stereocenters. The van der Waals surface area contributed by atoms with Crippen molar-refractivity contribution in [3.05, 3.63) is 58.7 Å². The number of carbonyl (C=O) groups is 2. The highest BCUT2D eigenvalue weighted by atomic mass is 32.2. The van der Waals surface area contributed by atoms with Crippen LogP contribution in [-0.4, -0.2) is 36.1 Å². The van der Waals surface area contributed by atoms with E-state index in [1.54, 1.807) is 18.4 Å². The molecule has 0 aliphatic rings. The molecule has 0 spiro atoms. The van der Waals surface area contributed by atoms with Crippen LogP contribution in [0.4, 0.5) is 5.00 Å². The molecule has 0 bridgehead atoms. The molecule has 2 N–H and O–H groups in total. The van der Waals surface area contributed by atoms with E-state index in [1.807, 2.05) is 24.3 Å². The van der Waals surface area contributed by atoms with Crippen LogP contribution in [0.15, 0.2) is 52.1 Å². The SMILES string of the molecule is COC(=O)c1sc(N)c(C(=O)OC)c1CSc1nc(-c2ccco2)nc2ccccc12. The molecule has 4 aromatic rings. The molecule has 1 aromatic carbocycles. The summed E-state index contributed by atoms with van der Waals surface area (Å²) in [6.45, 7) is 0. The van der Waals surface area contributed by atoms with E-state index < -0.39 is 11.9 Å². The third-order valence-electron chi connectivity index (χ3n) is 4.46. The standard InChI is InChI=1S/C21H17N3O5S2/c1-27-20(25)15-12(16(21(26)28-2)31-17(15)22)10-30-19-11-6-3-4-7-13(11)23-18(24-19)14-8-5-9-29-14/h3-9H,10,22H2,1-2H3. The van der Waals surface area contributed by atoms with E-state index in [2.05, 4.69) is 9.97 Å². The average Bonchev–Trinajstić information content (AvgIpc) is 3.44. The van der Waals surface area contributed by atoms with Crippen LogP contribution < -0.4 is 5.73 Å². The Bertz CT molecular complexity index is 1270. The highest BCUT2D eigenvalue weighted by Gasteiger charge is 2.27. The molecular weight excluding hydrogens is 438 g/mol. The van der Waals surface area contributed by atoms with E-state index in [4.69, 9.17) is 19.6 Å². The molecule has 0 saturated heterocycles. The van der Waals surface area contributed by atoms with Crippen molar-refractivity contribution in [1.82, 2.24) is 9.97 Å². The van der Waals surface area contributed by atoms with Gasteiger partial charge in [0.05, 0.1) is 31.6 Å². The van der Waals surface area contributed by atoms with Gasteiger partial charge in [0, 0.05) is 16.7 Å². The van der Waals surface area contributed by atoms with Gasteiger partial charge in [-0.05, 0) is 18.2 Å². The van der Waals surface area contributed by atoms with Crippen LogP contribution in [0.3, 0.4) is 0 Å². The minimum absolute atomic E-state index is 0.171. The quantitative estimate of drug-likeness (QED) is 0.256. The average molecular weight is 456 g/mol. The number of esters is 2. The zero-order chi connectivity index (χ0) is 22.0. The Morgan fingerprint density at radius 1 is 1.10 bits per heavy atom. The number of aromatic nitrogens is 2. The first-order chi connectivity index (χ1) is 15.0. The first-order valence-electron chi connectivity index (χ1n) is 9.04.